The molecule has 1 atom stereocenters. The van der Waals surface area contributed by atoms with Gasteiger partial charge in [0.1, 0.15) is 6.04 Å². The Kier molecular flexibility index (Phi) is 7.48. The molecule has 0 aliphatic heterocycles. The summed E-state index contributed by atoms with van der Waals surface area (Å²) in [6.45, 7) is 0.327. The van der Waals surface area contributed by atoms with Crippen molar-refractivity contribution < 1.29 is 14.4 Å². The average Bonchev–Trinajstić information content (AvgIpc) is 3.26. The number of halogens is 1. The van der Waals surface area contributed by atoms with Gasteiger partial charge in [0, 0.05) is 35.6 Å². The predicted molar refractivity (Wildman–Crippen MR) is 136 cm³/mol. The molecule has 35 heavy (non-hydrogen) atoms. The molecule has 0 fully saturated rings. The van der Waals surface area contributed by atoms with Crippen molar-refractivity contribution in [3.63, 3.8) is 0 Å². The van der Waals surface area contributed by atoms with Crippen LogP contribution in [0.1, 0.15) is 31.8 Å². The highest BCUT2D eigenvalue weighted by Gasteiger charge is 2.24. The molecule has 0 aliphatic carbocycles. The average molecular weight is 489 g/mol. The predicted octanol–water partition coefficient (Wildman–Crippen LogP) is 3.62. The van der Waals surface area contributed by atoms with Gasteiger partial charge in [-0.15, -0.1) is 0 Å². The van der Waals surface area contributed by atoms with Gasteiger partial charge < -0.3 is 21.4 Å². The third-order valence-electron chi connectivity index (χ3n) is 5.76. The first-order valence-corrected chi connectivity index (χ1v) is 11.6. The monoisotopic (exact) mass is 488 g/mol. The number of fused-ring (bicyclic) bond motifs is 1. The van der Waals surface area contributed by atoms with Crippen LogP contribution in [0.25, 0.3) is 10.9 Å². The number of aromatic amines is 1. The number of nitrogens with one attached hydrogen (secondary N) is 3. The number of carbonyl (C=O) groups is 3. The van der Waals surface area contributed by atoms with E-state index >= 15 is 0 Å². The van der Waals surface area contributed by atoms with Gasteiger partial charge in [-0.1, -0.05) is 54.1 Å². The quantitative estimate of drug-likeness (QED) is 0.288. The van der Waals surface area contributed by atoms with Crippen molar-refractivity contribution in [2.75, 3.05) is 6.54 Å². The minimum absolute atomic E-state index is 0.295. The molecule has 0 saturated carbocycles. The van der Waals surface area contributed by atoms with Gasteiger partial charge in [0.05, 0.1) is 10.6 Å². The maximum absolute atomic E-state index is 13.2. The second kappa shape index (κ2) is 10.9. The van der Waals surface area contributed by atoms with E-state index in [2.05, 4.69) is 15.6 Å². The number of rotatable bonds is 9. The normalized spacial score (nSPS) is 11.7. The van der Waals surface area contributed by atoms with Crippen LogP contribution in [0.5, 0.6) is 0 Å². The number of aromatic nitrogens is 1. The molecule has 0 radical (unpaired) electrons. The molecule has 4 rings (SSSR count). The molecule has 3 aromatic carbocycles. The lowest BCUT2D eigenvalue weighted by Crippen LogP contribution is -2.48. The Morgan fingerprint density at radius 2 is 1.74 bits per heavy atom. The number of H-pyrrole nitrogens is 1. The summed E-state index contributed by atoms with van der Waals surface area (Å²) < 4.78 is 0. The van der Waals surface area contributed by atoms with Crippen LogP contribution in [0.4, 0.5) is 0 Å². The van der Waals surface area contributed by atoms with E-state index in [9.17, 15) is 14.4 Å². The summed E-state index contributed by atoms with van der Waals surface area (Å²) >= 11 is 6.19. The molecule has 8 heteroatoms. The number of nitrogens with two attached hydrogens (primary N) is 1. The SMILES string of the molecule is NC(=O)c1cccc(CCNC(=O)C(Cc2c[nH]c3ccccc23)NC(=O)c2ccccc2Cl)c1. The Bertz CT molecular complexity index is 1380. The number of benzene rings is 3. The molecule has 7 nitrogen and oxygen atoms in total. The van der Waals surface area contributed by atoms with Crippen LogP contribution < -0.4 is 16.4 Å². The smallest absolute Gasteiger partial charge is 0.253 e. The molecule has 0 spiro atoms. The van der Waals surface area contributed by atoms with Crippen molar-refractivity contribution in [2.45, 2.75) is 18.9 Å². The Labute approximate surface area is 207 Å². The Morgan fingerprint density at radius 1 is 0.971 bits per heavy atom. The van der Waals surface area contributed by atoms with Gasteiger partial charge in [0.25, 0.3) is 5.91 Å². The summed E-state index contributed by atoms with van der Waals surface area (Å²) in [6, 6.07) is 20.6. The van der Waals surface area contributed by atoms with E-state index in [1.165, 1.54) is 0 Å². The van der Waals surface area contributed by atoms with E-state index in [-0.39, 0.29) is 5.91 Å². The maximum Gasteiger partial charge on any atom is 0.253 e. The van der Waals surface area contributed by atoms with Crippen LogP contribution in [0.3, 0.4) is 0 Å². The molecule has 1 aromatic heterocycles. The number of amides is 3. The first-order valence-electron chi connectivity index (χ1n) is 11.2. The summed E-state index contributed by atoms with van der Waals surface area (Å²) in [5, 5.41) is 7.04. The van der Waals surface area contributed by atoms with Crippen LogP contribution >= 0.6 is 11.6 Å². The van der Waals surface area contributed by atoms with Crippen molar-refractivity contribution in [3.05, 3.63) is 106 Å². The van der Waals surface area contributed by atoms with E-state index in [0.717, 1.165) is 22.0 Å². The lowest BCUT2D eigenvalue weighted by atomic mass is 10.0. The van der Waals surface area contributed by atoms with E-state index in [1.54, 1.807) is 42.5 Å². The van der Waals surface area contributed by atoms with E-state index < -0.39 is 17.9 Å². The number of para-hydroxylation sites is 1. The van der Waals surface area contributed by atoms with Gasteiger partial charge in [-0.2, -0.15) is 0 Å². The second-order valence-corrected chi connectivity index (χ2v) is 8.58. The van der Waals surface area contributed by atoms with Crippen molar-refractivity contribution in [1.82, 2.24) is 15.6 Å². The van der Waals surface area contributed by atoms with Gasteiger partial charge >= 0.3 is 0 Å². The summed E-state index contributed by atoms with van der Waals surface area (Å²) in [7, 11) is 0. The molecule has 178 valence electrons. The molecule has 0 bridgehead atoms. The maximum atomic E-state index is 13.2. The number of carbonyl (C=O) groups excluding carboxylic acids is 3. The van der Waals surface area contributed by atoms with Crippen LogP contribution in [0.15, 0.2) is 79.0 Å². The topological polar surface area (TPSA) is 117 Å². The van der Waals surface area contributed by atoms with Gasteiger partial charge in [-0.25, -0.2) is 0 Å². The summed E-state index contributed by atoms with van der Waals surface area (Å²) in [4.78, 5) is 40.7. The fourth-order valence-corrected chi connectivity index (χ4v) is 4.17. The first-order chi connectivity index (χ1) is 16.9. The van der Waals surface area contributed by atoms with Crippen LogP contribution in [0.2, 0.25) is 5.02 Å². The standard InChI is InChI=1S/C27H25ClN4O3/c28-22-10-3-1-9-21(22)26(34)32-24(15-19-16-31-23-11-4-2-8-20(19)23)27(35)30-13-12-17-6-5-7-18(14-17)25(29)33/h1-11,14,16,24,31H,12-13,15H2,(H2,29,33)(H,30,35)(H,32,34). The van der Waals surface area contributed by atoms with Gasteiger partial charge in [-0.05, 0) is 47.9 Å². The molecule has 3 amide bonds. The van der Waals surface area contributed by atoms with Crippen molar-refractivity contribution in [3.8, 4) is 0 Å². The van der Waals surface area contributed by atoms with E-state index in [0.29, 0.717) is 35.5 Å². The lowest BCUT2D eigenvalue weighted by molar-refractivity contribution is -0.122. The third-order valence-corrected chi connectivity index (χ3v) is 6.09. The third kappa shape index (κ3) is 5.88. The molecule has 0 saturated heterocycles. The Morgan fingerprint density at radius 3 is 2.54 bits per heavy atom. The summed E-state index contributed by atoms with van der Waals surface area (Å²) in [5.41, 5.74) is 8.80. The Balaban J connectivity index is 1.49. The van der Waals surface area contributed by atoms with Gasteiger partial charge in [0.15, 0.2) is 0 Å². The van der Waals surface area contributed by atoms with Crippen molar-refractivity contribution in [2.24, 2.45) is 5.73 Å². The molecule has 5 N–H and O–H groups in total. The molecular formula is C27H25ClN4O3. The number of primary amides is 1. The highest BCUT2D eigenvalue weighted by Crippen LogP contribution is 2.20. The zero-order valence-electron chi connectivity index (χ0n) is 18.9. The largest absolute Gasteiger partial charge is 0.366 e. The van der Waals surface area contributed by atoms with E-state index in [1.807, 2.05) is 36.5 Å². The molecule has 0 aliphatic rings. The number of hydrogen-bond donors (Lipinski definition) is 4. The molecule has 4 aromatic rings. The minimum Gasteiger partial charge on any atom is -0.366 e. The van der Waals surface area contributed by atoms with Gasteiger partial charge in [-0.3, -0.25) is 14.4 Å². The molecular weight excluding hydrogens is 464 g/mol. The molecule has 1 unspecified atom stereocenters. The first kappa shape index (κ1) is 24.0. The van der Waals surface area contributed by atoms with Gasteiger partial charge in [0.2, 0.25) is 11.8 Å². The van der Waals surface area contributed by atoms with Crippen molar-refractivity contribution >= 4 is 40.2 Å². The van der Waals surface area contributed by atoms with Crippen LogP contribution in [0, 0.1) is 0 Å². The summed E-state index contributed by atoms with van der Waals surface area (Å²) in [6.07, 6.45) is 2.65. The van der Waals surface area contributed by atoms with Crippen LogP contribution in [-0.2, 0) is 17.6 Å². The second-order valence-electron chi connectivity index (χ2n) is 8.18. The Hall–Kier alpha value is -4.10. The highest BCUT2D eigenvalue weighted by atomic mass is 35.5. The zero-order valence-corrected chi connectivity index (χ0v) is 19.6. The zero-order chi connectivity index (χ0) is 24.8. The van der Waals surface area contributed by atoms with Crippen molar-refractivity contribution in [1.29, 1.82) is 0 Å². The fraction of sp³-hybridized carbons (Fsp3) is 0.148. The number of hydrogen-bond acceptors (Lipinski definition) is 3. The summed E-state index contributed by atoms with van der Waals surface area (Å²) in [5.74, 6) is -1.25. The lowest BCUT2D eigenvalue weighted by Gasteiger charge is -2.19. The van der Waals surface area contributed by atoms with Crippen LogP contribution in [-0.4, -0.2) is 35.3 Å². The minimum atomic E-state index is -0.824. The highest BCUT2D eigenvalue weighted by molar-refractivity contribution is 6.33. The van der Waals surface area contributed by atoms with E-state index in [4.69, 9.17) is 17.3 Å². The fourth-order valence-electron chi connectivity index (χ4n) is 3.94. The molecule has 1 heterocycles.